The van der Waals surface area contributed by atoms with E-state index in [-0.39, 0.29) is 29.6 Å². The second kappa shape index (κ2) is 9.93. The van der Waals surface area contributed by atoms with Crippen molar-refractivity contribution < 1.29 is 23.8 Å². The van der Waals surface area contributed by atoms with Crippen LogP contribution in [0.25, 0.3) is 5.57 Å². The summed E-state index contributed by atoms with van der Waals surface area (Å²) in [5, 5.41) is 3.14. The van der Waals surface area contributed by atoms with Gasteiger partial charge in [-0.2, -0.15) is 0 Å². The number of carbonyl (C=O) groups is 2. The summed E-state index contributed by atoms with van der Waals surface area (Å²) in [4.78, 5) is 27.7. The molecule has 0 atom stereocenters. The first-order valence-electron chi connectivity index (χ1n) is 9.83. The van der Waals surface area contributed by atoms with Crippen molar-refractivity contribution in [3.8, 4) is 11.5 Å². The Morgan fingerprint density at radius 2 is 1.80 bits per heavy atom. The summed E-state index contributed by atoms with van der Waals surface area (Å²) in [6.45, 7) is 3.16. The molecule has 1 aliphatic rings. The minimum atomic E-state index is -0.376. The molecule has 2 amide bonds. The van der Waals surface area contributed by atoms with E-state index in [2.05, 4.69) is 5.32 Å². The Bertz CT molecular complexity index is 954. The lowest BCUT2D eigenvalue weighted by Gasteiger charge is -2.15. The van der Waals surface area contributed by atoms with Crippen LogP contribution in [-0.2, 0) is 14.3 Å². The van der Waals surface area contributed by atoms with E-state index in [4.69, 9.17) is 14.2 Å². The lowest BCUT2D eigenvalue weighted by molar-refractivity contribution is -0.137. The monoisotopic (exact) mass is 410 g/mol. The van der Waals surface area contributed by atoms with E-state index in [0.29, 0.717) is 42.4 Å². The van der Waals surface area contributed by atoms with Crippen molar-refractivity contribution >= 4 is 23.1 Å². The highest BCUT2D eigenvalue weighted by atomic mass is 16.5. The van der Waals surface area contributed by atoms with E-state index >= 15 is 0 Å². The lowest BCUT2D eigenvalue weighted by Crippen LogP contribution is -2.33. The molecule has 1 N–H and O–H groups in total. The van der Waals surface area contributed by atoms with Gasteiger partial charge in [-0.25, -0.2) is 0 Å². The van der Waals surface area contributed by atoms with E-state index in [9.17, 15) is 9.59 Å². The van der Waals surface area contributed by atoms with Crippen molar-refractivity contribution in [2.75, 3.05) is 39.3 Å². The summed E-state index contributed by atoms with van der Waals surface area (Å²) in [6, 6.07) is 14.4. The summed E-state index contributed by atoms with van der Waals surface area (Å²) in [6.07, 6.45) is 0.556. The standard InChI is InChI=1S/C23H26N2O5/c1-4-30-17-10-7-9-16(15-17)24-21-20(18-11-5-6-12-19(18)29-3)22(26)25(23(21)27)13-8-14-28-2/h5-7,9-12,15,24H,4,8,13-14H2,1-3H3. The van der Waals surface area contributed by atoms with E-state index in [1.54, 1.807) is 25.3 Å². The number of hydrogen-bond acceptors (Lipinski definition) is 6. The number of carbonyl (C=O) groups excluding carboxylic acids is 2. The number of methoxy groups -OCH3 is 2. The molecule has 2 aromatic rings. The average Bonchev–Trinajstić information content (AvgIpc) is 2.98. The van der Waals surface area contributed by atoms with Gasteiger partial charge in [0.1, 0.15) is 17.2 Å². The van der Waals surface area contributed by atoms with Crippen LogP contribution in [-0.4, -0.2) is 50.7 Å². The van der Waals surface area contributed by atoms with Crippen molar-refractivity contribution in [1.82, 2.24) is 4.90 Å². The summed E-state index contributed by atoms with van der Waals surface area (Å²) in [5.74, 6) is 0.466. The number of nitrogens with one attached hydrogen (secondary N) is 1. The first-order chi connectivity index (χ1) is 14.6. The van der Waals surface area contributed by atoms with Crippen molar-refractivity contribution in [2.45, 2.75) is 13.3 Å². The Kier molecular flexibility index (Phi) is 7.08. The van der Waals surface area contributed by atoms with Crippen molar-refractivity contribution in [2.24, 2.45) is 0 Å². The molecule has 3 rings (SSSR count). The van der Waals surface area contributed by atoms with Crippen LogP contribution in [0.3, 0.4) is 0 Å². The van der Waals surface area contributed by atoms with Gasteiger partial charge < -0.3 is 19.5 Å². The van der Waals surface area contributed by atoms with Gasteiger partial charge in [-0.05, 0) is 31.5 Å². The van der Waals surface area contributed by atoms with Crippen molar-refractivity contribution in [1.29, 1.82) is 0 Å². The molecule has 30 heavy (non-hydrogen) atoms. The normalized spacial score (nSPS) is 13.8. The third-order valence-corrected chi connectivity index (χ3v) is 4.69. The number of rotatable bonds is 10. The van der Waals surface area contributed by atoms with Gasteiger partial charge in [-0.15, -0.1) is 0 Å². The van der Waals surface area contributed by atoms with Gasteiger partial charge in [-0.1, -0.05) is 24.3 Å². The number of amides is 2. The highest BCUT2D eigenvalue weighted by molar-refractivity contribution is 6.37. The summed E-state index contributed by atoms with van der Waals surface area (Å²) in [5.41, 5.74) is 1.73. The average molecular weight is 410 g/mol. The molecule has 1 aliphatic heterocycles. The summed E-state index contributed by atoms with van der Waals surface area (Å²) < 4.78 is 16.0. The first-order valence-corrected chi connectivity index (χ1v) is 9.83. The Balaban J connectivity index is 2.02. The van der Waals surface area contributed by atoms with E-state index in [0.717, 1.165) is 0 Å². The van der Waals surface area contributed by atoms with Crippen molar-refractivity contribution in [3.63, 3.8) is 0 Å². The minimum absolute atomic E-state index is 0.218. The fourth-order valence-corrected chi connectivity index (χ4v) is 3.34. The molecule has 7 nitrogen and oxygen atoms in total. The van der Waals surface area contributed by atoms with Gasteiger partial charge in [0.15, 0.2) is 0 Å². The number of hydrogen-bond donors (Lipinski definition) is 1. The first kappa shape index (κ1) is 21.4. The second-order valence-corrected chi connectivity index (χ2v) is 6.64. The maximum atomic E-state index is 13.2. The molecule has 7 heteroatoms. The van der Waals surface area contributed by atoms with Gasteiger partial charge in [0.2, 0.25) is 0 Å². The molecule has 0 saturated carbocycles. The van der Waals surface area contributed by atoms with Gasteiger partial charge in [0.25, 0.3) is 11.8 Å². The molecule has 0 saturated heterocycles. The Morgan fingerprint density at radius 1 is 1.00 bits per heavy atom. The van der Waals surface area contributed by atoms with Crippen LogP contribution >= 0.6 is 0 Å². The predicted octanol–water partition coefficient (Wildman–Crippen LogP) is 3.32. The predicted molar refractivity (Wildman–Crippen MR) is 114 cm³/mol. The Morgan fingerprint density at radius 3 is 2.53 bits per heavy atom. The maximum absolute atomic E-state index is 13.2. The molecule has 2 aromatic carbocycles. The molecule has 0 spiro atoms. The smallest absolute Gasteiger partial charge is 0.278 e. The minimum Gasteiger partial charge on any atom is -0.496 e. The number of anilines is 1. The van der Waals surface area contributed by atoms with Crippen LogP contribution in [0.1, 0.15) is 18.9 Å². The van der Waals surface area contributed by atoms with E-state index < -0.39 is 0 Å². The zero-order chi connectivity index (χ0) is 21.5. The highest BCUT2D eigenvalue weighted by Gasteiger charge is 2.39. The van der Waals surface area contributed by atoms with Crippen molar-refractivity contribution in [3.05, 3.63) is 59.8 Å². The quantitative estimate of drug-likeness (QED) is 0.478. The number of nitrogens with zero attached hydrogens (tertiary/aromatic N) is 1. The fourth-order valence-electron chi connectivity index (χ4n) is 3.34. The van der Waals surface area contributed by atoms with Crippen LogP contribution in [0, 0.1) is 0 Å². The molecule has 158 valence electrons. The van der Waals surface area contributed by atoms with Gasteiger partial charge in [-0.3, -0.25) is 14.5 Å². The third kappa shape index (κ3) is 4.46. The van der Waals surface area contributed by atoms with Crippen LogP contribution in [0.15, 0.2) is 54.2 Å². The summed E-state index contributed by atoms with van der Waals surface area (Å²) >= 11 is 0. The molecule has 0 fully saturated rings. The molecule has 0 aliphatic carbocycles. The molecular weight excluding hydrogens is 384 g/mol. The lowest BCUT2D eigenvalue weighted by atomic mass is 10.0. The number of imide groups is 1. The SMILES string of the molecule is CCOc1cccc(NC2=C(c3ccccc3OC)C(=O)N(CCCOC)C2=O)c1. The molecule has 0 bridgehead atoms. The molecule has 0 unspecified atom stereocenters. The van der Waals surface area contributed by atoms with Gasteiger partial charge in [0.05, 0.1) is 19.3 Å². The number of ether oxygens (including phenoxy) is 3. The second-order valence-electron chi connectivity index (χ2n) is 6.64. The Hall–Kier alpha value is -3.32. The van der Waals surface area contributed by atoms with Gasteiger partial charge >= 0.3 is 0 Å². The highest BCUT2D eigenvalue weighted by Crippen LogP contribution is 2.35. The zero-order valence-corrected chi connectivity index (χ0v) is 17.4. The largest absolute Gasteiger partial charge is 0.496 e. The van der Waals surface area contributed by atoms with E-state index in [1.807, 2.05) is 37.3 Å². The van der Waals surface area contributed by atoms with Crippen LogP contribution in [0.2, 0.25) is 0 Å². The molecule has 1 heterocycles. The topological polar surface area (TPSA) is 77.1 Å². The molecule has 0 radical (unpaired) electrons. The van der Waals surface area contributed by atoms with Crippen LogP contribution in [0.5, 0.6) is 11.5 Å². The van der Waals surface area contributed by atoms with E-state index in [1.165, 1.54) is 12.0 Å². The molecular formula is C23H26N2O5. The fraction of sp³-hybridized carbons (Fsp3) is 0.304. The third-order valence-electron chi connectivity index (χ3n) is 4.69. The van der Waals surface area contributed by atoms with Crippen LogP contribution < -0.4 is 14.8 Å². The summed E-state index contributed by atoms with van der Waals surface area (Å²) in [7, 11) is 3.13. The van der Waals surface area contributed by atoms with Gasteiger partial charge in [0, 0.05) is 37.6 Å². The molecule has 0 aromatic heterocycles. The number of para-hydroxylation sites is 1. The zero-order valence-electron chi connectivity index (χ0n) is 17.4. The number of benzene rings is 2. The Labute approximate surface area is 176 Å². The van der Waals surface area contributed by atoms with Crippen LogP contribution in [0.4, 0.5) is 5.69 Å². The maximum Gasteiger partial charge on any atom is 0.278 e.